The summed E-state index contributed by atoms with van der Waals surface area (Å²) in [5, 5.41) is 9.06. The average Bonchev–Trinajstić information content (AvgIpc) is 2.78. The van der Waals surface area contributed by atoms with Crippen molar-refractivity contribution in [3.8, 4) is 0 Å². The van der Waals surface area contributed by atoms with Gasteiger partial charge in [0, 0.05) is 29.0 Å². The van der Waals surface area contributed by atoms with Gasteiger partial charge in [-0.05, 0) is 18.2 Å². The van der Waals surface area contributed by atoms with Crippen LogP contribution in [0.25, 0.3) is 0 Å². The number of hydrogen-bond acceptors (Lipinski definition) is 6. The minimum atomic E-state index is 0.644. The molecule has 0 saturated heterocycles. The Balaban J connectivity index is 2.17. The first-order valence-electron chi connectivity index (χ1n) is 5.03. The lowest BCUT2D eigenvalue weighted by Crippen LogP contribution is -2.07. The van der Waals surface area contributed by atoms with Gasteiger partial charge in [-0.2, -0.15) is 0 Å². The van der Waals surface area contributed by atoms with Gasteiger partial charge in [-0.1, -0.05) is 39.0 Å². The fourth-order valence-corrected chi connectivity index (χ4v) is 3.59. The predicted octanol–water partition coefficient (Wildman–Crippen LogP) is 3.33. The van der Waals surface area contributed by atoms with Crippen molar-refractivity contribution in [3.63, 3.8) is 0 Å². The van der Waals surface area contributed by atoms with E-state index in [1.807, 2.05) is 31.1 Å². The van der Waals surface area contributed by atoms with Gasteiger partial charge in [0.25, 0.3) is 0 Å². The van der Waals surface area contributed by atoms with E-state index in [2.05, 4.69) is 26.1 Å². The van der Waals surface area contributed by atoms with E-state index in [-0.39, 0.29) is 0 Å². The van der Waals surface area contributed by atoms with Crippen LogP contribution in [0.15, 0.2) is 31.9 Å². The van der Waals surface area contributed by atoms with Crippen molar-refractivity contribution >= 4 is 50.4 Å². The molecule has 7 heteroatoms. The number of rotatable bonds is 4. The van der Waals surface area contributed by atoms with Crippen molar-refractivity contribution in [2.45, 2.75) is 9.24 Å². The summed E-state index contributed by atoms with van der Waals surface area (Å²) < 4.78 is 1.67. The number of carbonyl (C=O) groups excluding carboxylic acids is 1. The summed E-state index contributed by atoms with van der Waals surface area (Å²) in [6, 6.07) is 5.59. The second-order valence-electron chi connectivity index (χ2n) is 3.65. The SMILES string of the molecule is CN(C)c1nnc(Sc2ccc(C=O)c(Br)c2)s1. The first-order chi connectivity index (χ1) is 8.60. The van der Waals surface area contributed by atoms with E-state index >= 15 is 0 Å². The van der Waals surface area contributed by atoms with E-state index in [0.29, 0.717) is 5.56 Å². The van der Waals surface area contributed by atoms with Crippen LogP contribution in [-0.4, -0.2) is 30.6 Å². The average molecular weight is 344 g/mol. The Kier molecular flexibility index (Phi) is 4.36. The Morgan fingerprint density at radius 2 is 2.17 bits per heavy atom. The van der Waals surface area contributed by atoms with E-state index < -0.39 is 0 Å². The second kappa shape index (κ2) is 5.81. The molecule has 0 aliphatic heterocycles. The highest BCUT2D eigenvalue weighted by atomic mass is 79.9. The lowest BCUT2D eigenvalue weighted by atomic mass is 10.2. The van der Waals surface area contributed by atoms with Crippen LogP contribution in [-0.2, 0) is 0 Å². The highest BCUT2D eigenvalue weighted by molar-refractivity contribution is 9.10. The van der Waals surface area contributed by atoms with Crippen LogP contribution in [0.1, 0.15) is 10.4 Å². The fraction of sp³-hybridized carbons (Fsp3) is 0.182. The van der Waals surface area contributed by atoms with Crippen molar-refractivity contribution in [2.75, 3.05) is 19.0 Å². The Morgan fingerprint density at radius 1 is 1.39 bits per heavy atom. The van der Waals surface area contributed by atoms with Gasteiger partial charge < -0.3 is 4.90 Å². The van der Waals surface area contributed by atoms with Crippen molar-refractivity contribution in [2.24, 2.45) is 0 Å². The van der Waals surface area contributed by atoms with Gasteiger partial charge in [-0.25, -0.2) is 0 Å². The zero-order chi connectivity index (χ0) is 13.1. The van der Waals surface area contributed by atoms with Gasteiger partial charge in [0.15, 0.2) is 10.6 Å². The third-order valence-electron chi connectivity index (χ3n) is 2.08. The molecule has 2 rings (SSSR count). The first-order valence-corrected chi connectivity index (χ1v) is 7.46. The van der Waals surface area contributed by atoms with Crippen LogP contribution in [0.2, 0.25) is 0 Å². The first kappa shape index (κ1) is 13.5. The van der Waals surface area contributed by atoms with Crippen LogP contribution in [0.3, 0.4) is 0 Å². The molecule has 0 unspecified atom stereocenters. The van der Waals surface area contributed by atoms with Crippen molar-refractivity contribution in [3.05, 3.63) is 28.2 Å². The molecule has 0 N–H and O–H groups in total. The quantitative estimate of drug-likeness (QED) is 0.796. The molecule has 0 spiro atoms. The van der Waals surface area contributed by atoms with Crippen LogP contribution in [0.5, 0.6) is 0 Å². The van der Waals surface area contributed by atoms with Gasteiger partial charge in [-0.15, -0.1) is 10.2 Å². The second-order valence-corrected chi connectivity index (χ2v) is 6.78. The van der Waals surface area contributed by atoms with Crippen LogP contribution in [0, 0.1) is 0 Å². The number of anilines is 1. The third kappa shape index (κ3) is 3.09. The maximum atomic E-state index is 10.7. The van der Waals surface area contributed by atoms with Crippen molar-refractivity contribution < 1.29 is 4.79 Å². The number of aromatic nitrogens is 2. The maximum Gasteiger partial charge on any atom is 0.208 e. The zero-order valence-corrected chi connectivity index (χ0v) is 13.0. The fourth-order valence-electron chi connectivity index (χ4n) is 1.19. The van der Waals surface area contributed by atoms with Crippen LogP contribution in [0.4, 0.5) is 5.13 Å². The summed E-state index contributed by atoms with van der Waals surface area (Å²) >= 11 is 6.43. The molecule has 2 aromatic rings. The number of carbonyl (C=O) groups is 1. The summed E-state index contributed by atoms with van der Waals surface area (Å²) in [4.78, 5) is 13.7. The van der Waals surface area contributed by atoms with Gasteiger partial charge in [0.2, 0.25) is 5.13 Å². The summed E-state index contributed by atoms with van der Waals surface area (Å²) in [5.41, 5.74) is 0.644. The molecule has 0 bridgehead atoms. The molecule has 1 aromatic heterocycles. The lowest BCUT2D eigenvalue weighted by Gasteiger charge is -2.04. The monoisotopic (exact) mass is 343 g/mol. The molecule has 1 aromatic carbocycles. The molecule has 18 heavy (non-hydrogen) atoms. The molecular weight excluding hydrogens is 334 g/mol. The summed E-state index contributed by atoms with van der Waals surface area (Å²) in [6.45, 7) is 0. The zero-order valence-electron chi connectivity index (χ0n) is 9.75. The highest BCUT2D eigenvalue weighted by Crippen LogP contribution is 2.34. The molecule has 0 aliphatic rings. The number of halogens is 1. The molecule has 4 nitrogen and oxygen atoms in total. The largest absolute Gasteiger partial charge is 0.353 e. The molecule has 0 radical (unpaired) electrons. The molecule has 0 aliphatic carbocycles. The number of aldehydes is 1. The molecular formula is C11H10BrN3OS2. The van der Waals surface area contributed by atoms with Gasteiger partial charge in [-0.3, -0.25) is 4.79 Å². The lowest BCUT2D eigenvalue weighted by molar-refractivity contribution is 0.112. The van der Waals surface area contributed by atoms with Gasteiger partial charge in [0.05, 0.1) is 0 Å². The van der Waals surface area contributed by atoms with Gasteiger partial charge in [0.1, 0.15) is 0 Å². The van der Waals surface area contributed by atoms with E-state index in [0.717, 1.165) is 25.1 Å². The topological polar surface area (TPSA) is 46.1 Å². The molecule has 0 atom stereocenters. The Hall–Kier alpha value is -0.920. The van der Waals surface area contributed by atoms with E-state index in [1.165, 1.54) is 23.1 Å². The minimum absolute atomic E-state index is 0.644. The Morgan fingerprint density at radius 3 is 2.72 bits per heavy atom. The molecule has 0 amide bonds. The standard InChI is InChI=1S/C11H10BrN3OS2/c1-15(2)10-13-14-11(18-10)17-8-4-3-7(6-16)9(12)5-8/h3-6H,1-2H3. The maximum absolute atomic E-state index is 10.7. The molecule has 94 valence electrons. The predicted molar refractivity (Wildman–Crippen MR) is 77.9 cm³/mol. The Bertz CT molecular complexity index is 571. The molecule has 0 fully saturated rings. The molecule has 1 heterocycles. The summed E-state index contributed by atoms with van der Waals surface area (Å²) in [6.07, 6.45) is 0.827. The molecule has 0 saturated carbocycles. The number of benzene rings is 1. The number of hydrogen-bond donors (Lipinski definition) is 0. The highest BCUT2D eigenvalue weighted by Gasteiger charge is 2.08. The number of nitrogens with zero attached hydrogens (tertiary/aromatic N) is 3. The van der Waals surface area contributed by atoms with E-state index in [9.17, 15) is 4.79 Å². The van der Waals surface area contributed by atoms with Crippen LogP contribution >= 0.6 is 39.0 Å². The Labute approximate surface area is 122 Å². The van der Waals surface area contributed by atoms with Crippen LogP contribution < -0.4 is 4.90 Å². The normalized spacial score (nSPS) is 10.4. The summed E-state index contributed by atoms with van der Waals surface area (Å²) in [7, 11) is 3.87. The smallest absolute Gasteiger partial charge is 0.208 e. The van der Waals surface area contributed by atoms with Crippen molar-refractivity contribution in [1.29, 1.82) is 0 Å². The van der Waals surface area contributed by atoms with Gasteiger partial charge >= 0.3 is 0 Å². The van der Waals surface area contributed by atoms with E-state index in [1.54, 1.807) is 6.07 Å². The summed E-state index contributed by atoms with van der Waals surface area (Å²) in [5.74, 6) is 0. The third-order valence-corrected chi connectivity index (χ3v) is 4.90. The van der Waals surface area contributed by atoms with E-state index in [4.69, 9.17) is 0 Å². The van der Waals surface area contributed by atoms with Crippen molar-refractivity contribution in [1.82, 2.24) is 10.2 Å². The minimum Gasteiger partial charge on any atom is -0.353 e.